The molecule has 0 aliphatic carbocycles. The van der Waals surface area contributed by atoms with Crippen molar-refractivity contribution in [3.63, 3.8) is 0 Å². The Kier molecular flexibility index (Phi) is 8.09. The Hall–Kier alpha value is -3.27. The first kappa shape index (κ1) is 25.0. The van der Waals surface area contributed by atoms with Gasteiger partial charge in [-0.3, -0.25) is 14.4 Å². The smallest absolute Gasteiger partial charge is 0.372 e. The van der Waals surface area contributed by atoms with Gasteiger partial charge in [0, 0.05) is 11.3 Å². The Morgan fingerprint density at radius 3 is 2.34 bits per heavy atom. The fourth-order valence-electron chi connectivity index (χ4n) is 2.74. The summed E-state index contributed by atoms with van der Waals surface area (Å²) in [5, 5.41) is 7.70. The van der Waals surface area contributed by atoms with Crippen LogP contribution in [-0.2, 0) is 15.8 Å². The standard InChI is InChI=1S/C21H22ClF3N4O3/c1-11(2)18(29-16-7-6-13(9-15(16)22)21(23,24)25)20(32)28-14-5-3-4-12(8-14)19(31)27-10-17(26)30/h3-9,11,18,29H,10H2,1-2H3,(H2,26,30)(H,27,31)(H,28,32)/t18-/m0/s1. The number of hydrogen-bond acceptors (Lipinski definition) is 4. The molecule has 11 heteroatoms. The maximum absolute atomic E-state index is 12.8. The van der Waals surface area contributed by atoms with E-state index in [1.807, 2.05) is 0 Å². The van der Waals surface area contributed by atoms with Crippen molar-refractivity contribution in [1.29, 1.82) is 0 Å². The van der Waals surface area contributed by atoms with E-state index < -0.39 is 35.5 Å². The number of anilines is 2. The number of nitrogens with two attached hydrogens (primary N) is 1. The Morgan fingerprint density at radius 1 is 1.09 bits per heavy atom. The molecule has 0 spiro atoms. The van der Waals surface area contributed by atoms with Crippen molar-refractivity contribution in [2.45, 2.75) is 26.1 Å². The summed E-state index contributed by atoms with van der Waals surface area (Å²) in [6.07, 6.45) is -4.54. The lowest BCUT2D eigenvalue weighted by atomic mass is 10.0. The highest BCUT2D eigenvalue weighted by atomic mass is 35.5. The molecule has 2 rings (SSSR count). The third-order valence-electron chi connectivity index (χ3n) is 4.37. The minimum absolute atomic E-state index is 0.174. The van der Waals surface area contributed by atoms with Crippen LogP contribution in [-0.4, -0.2) is 30.3 Å². The first-order chi connectivity index (χ1) is 14.9. The quantitative estimate of drug-likeness (QED) is 0.471. The van der Waals surface area contributed by atoms with E-state index in [0.717, 1.165) is 18.2 Å². The molecule has 0 aliphatic heterocycles. The number of carbonyl (C=O) groups is 3. The second kappa shape index (κ2) is 10.4. The van der Waals surface area contributed by atoms with Gasteiger partial charge in [0.15, 0.2) is 0 Å². The average molecular weight is 471 g/mol. The molecule has 2 aromatic carbocycles. The zero-order chi connectivity index (χ0) is 24.1. The van der Waals surface area contributed by atoms with Gasteiger partial charge in [0.25, 0.3) is 5.91 Å². The summed E-state index contributed by atoms with van der Waals surface area (Å²) in [7, 11) is 0. The number of benzene rings is 2. The molecule has 0 unspecified atom stereocenters. The van der Waals surface area contributed by atoms with E-state index in [-0.39, 0.29) is 28.7 Å². The zero-order valence-corrected chi connectivity index (χ0v) is 18.0. The van der Waals surface area contributed by atoms with E-state index in [4.69, 9.17) is 17.3 Å². The molecule has 0 aliphatic rings. The lowest BCUT2D eigenvalue weighted by molar-refractivity contribution is -0.137. The molecule has 0 fully saturated rings. The van der Waals surface area contributed by atoms with Crippen molar-refractivity contribution in [1.82, 2.24) is 5.32 Å². The molecule has 5 N–H and O–H groups in total. The third kappa shape index (κ3) is 6.88. The summed E-state index contributed by atoms with van der Waals surface area (Å²) in [5.74, 6) is -1.98. The summed E-state index contributed by atoms with van der Waals surface area (Å²) >= 11 is 5.99. The number of halogens is 4. The first-order valence-electron chi connectivity index (χ1n) is 9.49. The number of nitrogens with one attached hydrogen (secondary N) is 3. The van der Waals surface area contributed by atoms with E-state index in [2.05, 4.69) is 16.0 Å². The average Bonchev–Trinajstić information content (AvgIpc) is 2.70. The topological polar surface area (TPSA) is 113 Å². The van der Waals surface area contributed by atoms with Gasteiger partial charge in [-0.15, -0.1) is 0 Å². The lowest BCUT2D eigenvalue weighted by Gasteiger charge is -2.24. The van der Waals surface area contributed by atoms with Gasteiger partial charge in [0.05, 0.1) is 22.8 Å². The van der Waals surface area contributed by atoms with Gasteiger partial charge in [-0.25, -0.2) is 0 Å². The van der Waals surface area contributed by atoms with Gasteiger partial charge in [0.2, 0.25) is 11.8 Å². The van der Waals surface area contributed by atoms with Crippen molar-refractivity contribution in [2.24, 2.45) is 11.7 Å². The van der Waals surface area contributed by atoms with Crippen LogP contribution in [0.15, 0.2) is 42.5 Å². The maximum atomic E-state index is 12.8. The van der Waals surface area contributed by atoms with Crippen LogP contribution in [0, 0.1) is 5.92 Å². The van der Waals surface area contributed by atoms with Crippen LogP contribution in [0.4, 0.5) is 24.5 Å². The third-order valence-corrected chi connectivity index (χ3v) is 4.68. The monoisotopic (exact) mass is 470 g/mol. The van der Waals surface area contributed by atoms with Crippen LogP contribution in [0.5, 0.6) is 0 Å². The van der Waals surface area contributed by atoms with Crippen LogP contribution in [0.2, 0.25) is 5.02 Å². The van der Waals surface area contributed by atoms with Crippen molar-refractivity contribution < 1.29 is 27.6 Å². The van der Waals surface area contributed by atoms with Gasteiger partial charge in [-0.05, 0) is 42.3 Å². The highest BCUT2D eigenvalue weighted by molar-refractivity contribution is 6.33. The molecule has 0 bridgehead atoms. The largest absolute Gasteiger partial charge is 0.416 e. The molecule has 172 valence electrons. The first-order valence-corrected chi connectivity index (χ1v) is 9.87. The van der Waals surface area contributed by atoms with Crippen LogP contribution in [0.3, 0.4) is 0 Å². The molecule has 1 atom stereocenters. The van der Waals surface area contributed by atoms with Crippen molar-refractivity contribution in [3.8, 4) is 0 Å². The van der Waals surface area contributed by atoms with Crippen LogP contribution in [0.1, 0.15) is 29.8 Å². The molecule has 3 amide bonds. The van der Waals surface area contributed by atoms with E-state index in [0.29, 0.717) is 5.69 Å². The highest BCUT2D eigenvalue weighted by Gasteiger charge is 2.31. The summed E-state index contributed by atoms with van der Waals surface area (Å²) in [4.78, 5) is 35.7. The molecule has 0 heterocycles. The highest BCUT2D eigenvalue weighted by Crippen LogP contribution is 2.34. The Balaban J connectivity index is 2.15. The summed E-state index contributed by atoms with van der Waals surface area (Å²) in [6, 6.07) is 7.99. The van der Waals surface area contributed by atoms with Crippen LogP contribution in [0.25, 0.3) is 0 Å². The van der Waals surface area contributed by atoms with Crippen LogP contribution >= 0.6 is 11.6 Å². The molecule has 0 saturated heterocycles. The molecular formula is C21H22ClF3N4O3. The van der Waals surface area contributed by atoms with Crippen molar-refractivity contribution >= 4 is 40.7 Å². The molecule has 0 saturated carbocycles. The zero-order valence-electron chi connectivity index (χ0n) is 17.2. The SMILES string of the molecule is CC(C)[C@H](Nc1ccc(C(F)(F)F)cc1Cl)C(=O)Nc1cccc(C(=O)NCC(N)=O)c1. The maximum Gasteiger partial charge on any atom is 0.416 e. The second-order valence-corrected chi connectivity index (χ2v) is 7.68. The van der Waals surface area contributed by atoms with E-state index in [1.165, 1.54) is 12.1 Å². The Morgan fingerprint density at radius 2 is 1.78 bits per heavy atom. The minimum atomic E-state index is -4.54. The summed E-state index contributed by atoms with van der Waals surface area (Å²) in [5.41, 5.74) is 4.78. The Bertz CT molecular complexity index is 1010. The molecule has 2 aromatic rings. The van der Waals surface area contributed by atoms with E-state index in [9.17, 15) is 27.6 Å². The van der Waals surface area contributed by atoms with Crippen molar-refractivity contribution in [2.75, 3.05) is 17.2 Å². The number of amides is 3. The van der Waals surface area contributed by atoms with Gasteiger partial charge < -0.3 is 21.7 Å². The number of hydrogen-bond donors (Lipinski definition) is 4. The van der Waals surface area contributed by atoms with E-state index >= 15 is 0 Å². The lowest BCUT2D eigenvalue weighted by Crippen LogP contribution is -2.39. The molecule has 0 radical (unpaired) electrons. The fourth-order valence-corrected chi connectivity index (χ4v) is 2.97. The van der Waals surface area contributed by atoms with E-state index in [1.54, 1.807) is 26.0 Å². The fraction of sp³-hybridized carbons (Fsp3) is 0.286. The van der Waals surface area contributed by atoms with Crippen LogP contribution < -0.4 is 21.7 Å². The van der Waals surface area contributed by atoms with Gasteiger partial charge in [0.1, 0.15) is 6.04 Å². The van der Waals surface area contributed by atoms with Gasteiger partial charge >= 0.3 is 6.18 Å². The molecule has 0 aromatic heterocycles. The second-order valence-electron chi connectivity index (χ2n) is 7.28. The summed E-state index contributed by atoms with van der Waals surface area (Å²) < 4.78 is 38.5. The molecule has 7 nitrogen and oxygen atoms in total. The number of alkyl halides is 3. The van der Waals surface area contributed by atoms with Gasteiger partial charge in [-0.1, -0.05) is 31.5 Å². The summed E-state index contributed by atoms with van der Waals surface area (Å²) in [6.45, 7) is 3.18. The molecule has 32 heavy (non-hydrogen) atoms. The predicted octanol–water partition coefficient (Wildman–Crippen LogP) is 3.65. The number of rotatable bonds is 8. The predicted molar refractivity (Wildman–Crippen MR) is 115 cm³/mol. The van der Waals surface area contributed by atoms with Gasteiger partial charge in [-0.2, -0.15) is 13.2 Å². The normalized spacial score (nSPS) is 12.2. The molecular weight excluding hydrogens is 449 g/mol. The van der Waals surface area contributed by atoms with Crippen molar-refractivity contribution in [3.05, 3.63) is 58.6 Å². The number of primary amides is 1. The number of carbonyl (C=O) groups excluding carboxylic acids is 3. The minimum Gasteiger partial charge on any atom is -0.372 e. The Labute approximate surface area is 187 Å².